The maximum absolute atomic E-state index is 12.9. The molecule has 2 aliphatic rings. The first-order valence-corrected chi connectivity index (χ1v) is 10.2. The molecule has 1 unspecified atom stereocenters. The molecule has 9 nitrogen and oxygen atoms in total. The quantitative estimate of drug-likeness (QED) is 0.544. The Labute approximate surface area is 211 Å². The van der Waals surface area contributed by atoms with Gasteiger partial charge >= 0.3 is 0 Å². The Kier molecular flexibility index (Phi) is 11.3. The summed E-state index contributed by atoms with van der Waals surface area (Å²) < 4.78 is 0. The monoisotopic (exact) mass is 518 g/mol. The van der Waals surface area contributed by atoms with Crippen molar-refractivity contribution in [1.82, 2.24) is 25.4 Å². The van der Waals surface area contributed by atoms with E-state index in [4.69, 9.17) is 5.73 Å². The van der Waals surface area contributed by atoms with Gasteiger partial charge in [0.25, 0.3) is 5.91 Å². The Hall–Kier alpha value is -2.17. The Morgan fingerprint density at radius 1 is 1.06 bits per heavy atom. The molecule has 2 fully saturated rings. The molecule has 3 amide bonds. The Morgan fingerprint density at radius 3 is 2.42 bits per heavy atom. The fourth-order valence-electron chi connectivity index (χ4n) is 4.04. The Balaban J connectivity index is 0.00000181. The van der Waals surface area contributed by atoms with Gasteiger partial charge in [0.05, 0.1) is 23.7 Å². The molecular weight excluding hydrogens is 491 g/mol. The van der Waals surface area contributed by atoms with E-state index < -0.39 is 0 Å². The fourth-order valence-corrected chi connectivity index (χ4v) is 4.04. The smallest absolute Gasteiger partial charge is 0.255 e. The lowest BCUT2D eigenvalue weighted by molar-refractivity contribution is -0.134. The highest BCUT2D eigenvalue weighted by molar-refractivity contribution is 5.97. The van der Waals surface area contributed by atoms with E-state index in [-0.39, 0.29) is 73.6 Å². The number of carbonyl (C=O) groups is 3. The zero-order valence-corrected chi connectivity index (χ0v) is 20.4. The molecule has 2 aliphatic heterocycles. The van der Waals surface area contributed by atoms with E-state index in [1.165, 1.54) is 0 Å². The molecule has 12 heteroatoms. The molecule has 0 bridgehead atoms. The summed E-state index contributed by atoms with van der Waals surface area (Å²) in [5.74, 6) is -0.270. The third-order valence-electron chi connectivity index (χ3n) is 5.70. The number of nitrogens with zero attached hydrogens (tertiary/aromatic N) is 3. The highest BCUT2D eigenvalue weighted by Crippen LogP contribution is 2.16. The summed E-state index contributed by atoms with van der Waals surface area (Å²) in [7, 11) is 0. The summed E-state index contributed by atoms with van der Waals surface area (Å²) in [4.78, 5) is 45.0. The number of hydrogen-bond acceptors (Lipinski definition) is 6. The second-order valence-corrected chi connectivity index (χ2v) is 7.70. The summed E-state index contributed by atoms with van der Waals surface area (Å²) >= 11 is 0. The number of pyridine rings is 1. The summed E-state index contributed by atoms with van der Waals surface area (Å²) in [6.07, 6.45) is 2.16. The highest BCUT2D eigenvalue weighted by Gasteiger charge is 2.34. The average Bonchev–Trinajstić information content (AvgIpc) is 3.26. The van der Waals surface area contributed by atoms with Crippen LogP contribution in [0.3, 0.4) is 0 Å². The van der Waals surface area contributed by atoms with Crippen LogP contribution in [0.25, 0.3) is 10.9 Å². The molecule has 1 aromatic heterocycles. The molecule has 1 aromatic carbocycles. The van der Waals surface area contributed by atoms with Crippen LogP contribution in [0.2, 0.25) is 0 Å². The Morgan fingerprint density at radius 2 is 1.73 bits per heavy atom. The van der Waals surface area contributed by atoms with Crippen LogP contribution < -0.4 is 16.4 Å². The maximum Gasteiger partial charge on any atom is 0.255 e. The van der Waals surface area contributed by atoms with Gasteiger partial charge in [-0.15, -0.1) is 37.2 Å². The van der Waals surface area contributed by atoms with Crippen molar-refractivity contribution in [1.29, 1.82) is 0 Å². The summed E-state index contributed by atoms with van der Waals surface area (Å²) in [6, 6.07) is 9.15. The van der Waals surface area contributed by atoms with Crippen molar-refractivity contribution in [3.8, 4) is 0 Å². The topological polar surface area (TPSA) is 121 Å². The molecule has 0 aliphatic carbocycles. The van der Waals surface area contributed by atoms with Crippen LogP contribution in [0.4, 0.5) is 0 Å². The third kappa shape index (κ3) is 6.68. The van der Waals surface area contributed by atoms with Gasteiger partial charge in [-0.2, -0.15) is 0 Å². The van der Waals surface area contributed by atoms with E-state index in [0.29, 0.717) is 44.7 Å². The van der Waals surface area contributed by atoms with Gasteiger partial charge < -0.3 is 26.2 Å². The highest BCUT2D eigenvalue weighted by atomic mass is 35.5. The van der Waals surface area contributed by atoms with Crippen molar-refractivity contribution in [3.63, 3.8) is 0 Å². The van der Waals surface area contributed by atoms with Crippen molar-refractivity contribution in [2.45, 2.75) is 18.5 Å². The van der Waals surface area contributed by atoms with Gasteiger partial charge in [0.1, 0.15) is 0 Å². The predicted octanol–water partition coefficient (Wildman–Crippen LogP) is 0.590. The fraction of sp³-hybridized carbons (Fsp3) is 0.429. The van der Waals surface area contributed by atoms with Gasteiger partial charge in [-0.25, -0.2) is 0 Å². The van der Waals surface area contributed by atoms with Gasteiger partial charge in [0.15, 0.2) is 0 Å². The number of para-hydroxylation sites is 1. The van der Waals surface area contributed by atoms with Crippen LogP contribution >= 0.6 is 37.2 Å². The molecule has 33 heavy (non-hydrogen) atoms. The molecule has 2 saturated heterocycles. The van der Waals surface area contributed by atoms with Crippen molar-refractivity contribution >= 4 is 65.8 Å². The van der Waals surface area contributed by atoms with Crippen LogP contribution in [0.15, 0.2) is 36.5 Å². The molecule has 2 atom stereocenters. The molecule has 0 radical (unpaired) electrons. The lowest BCUT2D eigenvalue weighted by Gasteiger charge is -2.36. The molecule has 182 valence electrons. The van der Waals surface area contributed by atoms with E-state index in [1.807, 2.05) is 30.3 Å². The minimum Gasteiger partial charge on any atom is -0.351 e. The van der Waals surface area contributed by atoms with Crippen molar-refractivity contribution < 1.29 is 14.4 Å². The van der Waals surface area contributed by atoms with Crippen molar-refractivity contribution in [2.75, 3.05) is 39.3 Å². The summed E-state index contributed by atoms with van der Waals surface area (Å²) in [5, 5.41) is 6.92. The first-order valence-electron chi connectivity index (χ1n) is 10.2. The van der Waals surface area contributed by atoms with Crippen LogP contribution in [0.1, 0.15) is 16.8 Å². The van der Waals surface area contributed by atoms with Crippen molar-refractivity contribution in [2.24, 2.45) is 5.73 Å². The van der Waals surface area contributed by atoms with Crippen LogP contribution in [0.5, 0.6) is 0 Å². The number of hydrogen-bond donors (Lipinski definition) is 3. The SMILES string of the molecule is Cl.Cl.Cl.NCC(=O)NC1CN[C@H](C(=O)N2CCN(C(=O)c3cnc4ccccc4c3)CC2)C1. The maximum atomic E-state index is 12.9. The van der Waals surface area contributed by atoms with Crippen LogP contribution in [-0.4, -0.2) is 83.9 Å². The predicted molar refractivity (Wildman–Crippen MR) is 133 cm³/mol. The number of nitrogens with one attached hydrogen (secondary N) is 2. The second-order valence-electron chi connectivity index (χ2n) is 7.70. The molecule has 4 N–H and O–H groups in total. The van der Waals surface area contributed by atoms with E-state index in [0.717, 1.165) is 10.9 Å². The molecule has 4 rings (SSSR count). The van der Waals surface area contributed by atoms with Crippen LogP contribution in [0, 0.1) is 0 Å². The number of amides is 3. The zero-order valence-electron chi connectivity index (χ0n) is 17.9. The van der Waals surface area contributed by atoms with Gasteiger partial charge in [-0.1, -0.05) is 18.2 Å². The number of piperazine rings is 1. The normalized spacial score (nSPS) is 19.7. The third-order valence-corrected chi connectivity index (χ3v) is 5.70. The van der Waals surface area contributed by atoms with Crippen LogP contribution in [-0.2, 0) is 9.59 Å². The minimum absolute atomic E-state index is 0. The molecule has 0 saturated carbocycles. The minimum atomic E-state index is -0.319. The van der Waals surface area contributed by atoms with E-state index in [1.54, 1.807) is 16.0 Å². The first-order chi connectivity index (χ1) is 14.5. The second kappa shape index (κ2) is 12.9. The summed E-state index contributed by atoms with van der Waals surface area (Å²) in [5.41, 5.74) is 6.74. The number of nitrogens with two attached hydrogens (primary N) is 1. The van der Waals surface area contributed by atoms with Crippen molar-refractivity contribution in [3.05, 3.63) is 42.1 Å². The number of halogens is 3. The standard InChI is InChI=1S/C21H26N6O3.3ClH/c22-11-19(28)25-16-10-18(24-13-16)21(30)27-7-5-26(6-8-27)20(29)15-9-14-3-1-2-4-17(14)23-12-15;;;/h1-4,9,12,16,18,24H,5-8,10-11,13,22H2,(H,25,28);3*1H/t16?,18-;;;/m0.../s1. The van der Waals surface area contributed by atoms with Gasteiger partial charge in [-0.05, 0) is 18.6 Å². The number of rotatable bonds is 4. The van der Waals surface area contributed by atoms with E-state index >= 15 is 0 Å². The Bertz CT molecular complexity index is 971. The van der Waals surface area contributed by atoms with E-state index in [9.17, 15) is 14.4 Å². The molecule has 3 heterocycles. The number of fused-ring (bicyclic) bond motifs is 1. The molecular formula is C21H29Cl3N6O3. The lowest BCUT2D eigenvalue weighted by Crippen LogP contribution is -2.54. The van der Waals surface area contributed by atoms with Gasteiger partial charge in [-0.3, -0.25) is 19.4 Å². The van der Waals surface area contributed by atoms with E-state index in [2.05, 4.69) is 15.6 Å². The summed E-state index contributed by atoms with van der Waals surface area (Å²) in [6.45, 7) is 2.44. The molecule has 2 aromatic rings. The first kappa shape index (κ1) is 28.9. The largest absolute Gasteiger partial charge is 0.351 e. The molecule has 0 spiro atoms. The zero-order chi connectivity index (χ0) is 21.1. The lowest BCUT2D eigenvalue weighted by atomic mass is 10.1. The van der Waals surface area contributed by atoms with Gasteiger partial charge in [0.2, 0.25) is 11.8 Å². The number of aromatic nitrogens is 1. The number of carbonyl (C=O) groups excluding carboxylic acids is 3. The van der Waals surface area contributed by atoms with Gasteiger partial charge in [0, 0.05) is 50.3 Å². The number of benzene rings is 1. The average molecular weight is 520 g/mol.